The fraction of sp³-hybridized carbons (Fsp3) is 0.385. The Kier molecular flexibility index (Phi) is 3.75. The van der Waals surface area contributed by atoms with Gasteiger partial charge in [-0.2, -0.15) is 0 Å². The fourth-order valence-corrected chi connectivity index (χ4v) is 1.18. The molecule has 0 saturated heterocycles. The molecule has 0 radical (unpaired) electrons. The first kappa shape index (κ1) is 10.0. The van der Waals surface area contributed by atoms with Crippen molar-refractivity contribution in [3.63, 3.8) is 0 Å². The van der Waals surface area contributed by atoms with Gasteiger partial charge in [0.25, 0.3) is 0 Å². The largest absolute Gasteiger partial charge is 0.0811 e. The molecule has 1 atom stereocenters. The van der Waals surface area contributed by atoms with Crippen molar-refractivity contribution in [3.05, 3.63) is 41.5 Å². The van der Waals surface area contributed by atoms with Gasteiger partial charge in [-0.15, -0.1) is 0 Å². The minimum atomic E-state index is 0.680. The van der Waals surface area contributed by atoms with Crippen LogP contribution in [0.1, 0.15) is 31.4 Å². The van der Waals surface area contributed by atoms with Gasteiger partial charge in [-0.3, -0.25) is 0 Å². The van der Waals surface area contributed by atoms with Crippen LogP contribution in [0.5, 0.6) is 0 Å². The smallest absolute Gasteiger partial charge is 0.0230 e. The lowest BCUT2D eigenvalue weighted by molar-refractivity contribution is 0.701. The molecule has 0 heteroatoms. The molecule has 1 unspecified atom stereocenters. The summed E-state index contributed by atoms with van der Waals surface area (Å²) in [4.78, 5) is 0. The Labute approximate surface area is 81.3 Å². The van der Waals surface area contributed by atoms with Gasteiger partial charge >= 0.3 is 0 Å². The van der Waals surface area contributed by atoms with Crippen LogP contribution in [0.3, 0.4) is 0 Å². The number of hydrogen-bond donors (Lipinski definition) is 0. The van der Waals surface area contributed by atoms with E-state index < -0.39 is 0 Å². The fourth-order valence-electron chi connectivity index (χ4n) is 1.18. The van der Waals surface area contributed by atoms with E-state index in [2.05, 4.69) is 57.2 Å². The van der Waals surface area contributed by atoms with E-state index in [1.54, 1.807) is 0 Å². The summed E-state index contributed by atoms with van der Waals surface area (Å²) in [6, 6.07) is 8.48. The molecular weight excluding hydrogens is 156 g/mol. The Hall–Kier alpha value is -1.04. The van der Waals surface area contributed by atoms with E-state index in [0.717, 1.165) is 0 Å². The number of hydrogen-bond acceptors (Lipinski definition) is 0. The van der Waals surface area contributed by atoms with Gasteiger partial charge in [-0.25, -0.2) is 0 Å². The highest BCUT2D eigenvalue weighted by Gasteiger charge is 1.93. The van der Waals surface area contributed by atoms with Gasteiger partial charge < -0.3 is 0 Å². The Balaban J connectivity index is 2.74. The molecule has 0 aliphatic heterocycles. The molecule has 0 N–H and O–H groups in total. The lowest BCUT2D eigenvalue weighted by Crippen LogP contribution is -1.85. The minimum Gasteiger partial charge on any atom is -0.0811 e. The van der Waals surface area contributed by atoms with Gasteiger partial charge in [-0.05, 0) is 24.0 Å². The normalized spacial score (nSPS) is 13.5. The number of aryl methyl sites for hydroxylation is 1. The van der Waals surface area contributed by atoms with Crippen LogP contribution in [0.2, 0.25) is 0 Å². The summed E-state index contributed by atoms with van der Waals surface area (Å²) >= 11 is 0. The van der Waals surface area contributed by atoms with E-state index >= 15 is 0 Å². The molecule has 1 aromatic rings. The third kappa shape index (κ3) is 3.06. The number of benzene rings is 1. The van der Waals surface area contributed by atoms with Gasteiger partial charge in [0.15, 0.2) is 0 Å². The second-order valence-corrected chi connectivity index (χ2v) is 3.60. The van der Waals surface area contributed by atoms with Crippen LogP contribution >= 0.6 is 0 Å². The third-order valence-corrected chi connectivity index (χ3v) is 2.44. The van der Waals surface area contributed by atoms with E-state index in [1.807, 2.05) is 0 Å². The van der Waals surface area contributed by atoms with Crippen LogP contribution in [0.15, 0.2) is 30.3 Å². The van der Waals surface area contributed by atoms with E-state index in [1.165, 1.54) is 17.5 Å². The molecule has 0 spiro atoms. The highest BCUT2D eigenvalue weighted by molar-refractivity contribution is 5.53. The molecule has 0 bridgehead atoms. The molecule has 0 aliphatic rings. The van der Waals surface area contributed by atoms with Crippen molar-refractivity contribution < 1.29 is 0 Å². The van der Waals surface area contributed by atoms with Crippen molar-refractivity contribution in [3.8, 4) is 0 Å². The first-order chi connectivity index (χ1) is 6.24. The van der Waals surface area contributed by atoms with Crippen LogP contribution in [0.4, 0.5) is 0 Å². The first-order valence-corrected chi connectivity index (χ1v) is 4.98. The molecular formula is C13H18. The monoisotopic (exact) mass is 174 g/mol. The first-order valence-electron chi connectivity index (χ1n) is 4.98. The predicted octanol–water partition coefficient (Wildman–Crippen LogP) is 4.05. The highest BCUT2D eigenvalue weighted by atomic mass is 14.0. The van der Waals surface area contributed by atoms with Gasteiger partial charge in [0.2, 0.25) is 0 Å². The Morgan fingerprint density at radius 3 is 2.62 bits per heavy atom. The summed E-state index contributed by atoms with van der Waals surface area (Å²) < 4.78 is 0. The summed E-state index contributed by atoms with van der Waals surface area (Å²) in [7, 11) is 0. The zero-order chi connectivity index (χ0) is 9.68. The molecule has 0 nitrogen and oxygen atoms in total. The van der Waals surface area contributed by atoms with Crippen molar-refractivity contribution in [1.29, 1.82) is 0 Å². The van der Waals surface area contributed by atoms with Crippen molar-refractivity contribution >= 4 is 6.08 Å². The van der Waals surface area contributed by atoms with Crippen LogP contribution < -0.4 is 0 Å². The zero-order valence-electron chi connectivity index (χ0n) is 8.75. The molecule has 0 fully saturated rings. The number of allylic oxidation sites excluding steroid dienone is 1. The second kappa shape index (κ2) is 4.86. The average molecular weight is 174 g/mol. The lowest BCUT2D eigenvalue weighted by Gasteiger charge is -2.01. The van der Waals surface area contributed by atoms with Crippen LogP contribution in [-0.4, -0.2) is 0 Å². The van der Waals surface area contributed by atoms with Gasteiger partial charge in [0.1, 0.15) is 0 Å². The molecule has 70 valence electrons. The summed E-state index contributed by atoms with van der Waals surface area (Å²) in [5.74, 6) is 0.680. The molecule has 0 saturated carbocycles. The molecule has 0 amide bonds. The summed E-state index contributed by atoms with van der Waals surface area (Å²) in [5.41, 5.74) is 2.69. The van der Waals surface area contributed by atoms with Crippen molar-refractivity contribution in [1.82, 2.24) is 0 Å². The van der Waals surface area contributed by atoms with Crippen molar-refractivity contribution in [2.75, 3.05) is 0 Å². The average Bonchev–Trinajstić information content (AvgIpc) is 2.16. The van der Waals surface area contributed by atoms with Gasteiger partial charge in [-0.1, -0.05) is 56.7 Å². The predicted molar refractivity (Wildman–Crippen MR) is 59.7 cm³/mol. The Morgan fingerprint density at radius 2 is 2.00 bits per heavy atom. The zero-order valence-corrected chi connectivity index (χ0v) is 8.75. The molecule has 13 heavy (non-hydrogen) atoms. The molecule has 0 aromatic heterocycles. The topological polar surface area (TPSA) is 0 Å². The van der Waals surface area contributed by atoms with Crippen LogP contribution in [0, 0.1) is 12.8 Å². The number of rotatable bonds is 3. The lowest BCUT2D eigenvalue weighted by atomic mass is 10.0. The third-order valence-electron chi connectivity index (χ3n) is 2.44. The Bertz CT molecular complexity index is 284. The van der Waals surface area contributed by atoms with Crippen molar-refractivity contribution in [2.24, 2.45) is 5.92 Å². The second-order valence-electron chi connectivity index (χ2n) is 3.60. The van der Waals surface area contributed by atoms with Gasteiger partial charge in [0, 0.05) is 0 Å². The highest BCUT2D eigenvalue weighted by Crippen LogP contribution is 2.11. The standard InChI is InChI=1S/C13H18/c1-4-11(2)9-10-13-8-6-5-7-12(13)3/h5-11H,4H2,1-3H3. The quantitative estimate of drug-likeness (QED) is 0.648. The summed E-state index contributed by atoms with van der Waals surface area (Å²) in [6.45, 7) is 6.61. The van der Waals surface area contributed by atoms with Crippen LogP contribution in [0.25, 0.3) is 6.08 Å². The maximum Gasteiger partial charge on any atom is -0.0230 e. The molecule has 1 aromatic carbocycles. The van der Waals surface area contributed by atoms with E-state index in [9.17, 15) is 0 Å². The Morgan fingerprint density at radius 1 is 1.31 bits per heavy atom. The van der Waals surface area contributed by atoms with E-state index in [0.29, 0.717) is 5.92 Å². The van der Waals surface area contributed by atoms with E-state index in [-0.39, 0.29) is 0 Å². The minimum absolute atomic E-state index is 0.680. The molecule has 1 rings (SSSR count). The van der Waals surface area contributed by atoms with E-state index in [4.69, 9.17) is 0 Å². The van der Waals surface area contributed by atoms with Gasteiger partial charge in [0.05, 0.1) is 0 Å². The SMILES string of the molecule is CCC(C)C=Cc1ccccc1C. The maximum atomic E-state index is 2.28. The van der Waals surface area contributed by atoms with Crippen molar-refractivity contribution in [2.45, 2.75) is 27.2 Å². The molecule has 0 aliphatic carbocycles. The van der Waals surface area contributed by atoms with Crippen LogP contribution in [-0.2, 0) is 0 Å². The summed E-state index contributed by atoms with van der Waals surface area (Å²) in [6.07, 6.45) is 5.72. The molecule has 0 heterocycles. The maximum absolute atomic E-state index is 2.28. The summed E-state index contributed by atoms with van der Waals surface area (Å²) in [5, 5.41) is 0.